The van der Waals surface area contributed by atoms with E-state index in [-0.39, 0.29) is 11.1 Å². The maximum Gasteiger partial charge on any atom is 0.243 e. The van der Waals surface area contributed by atoms with Crippen LogP contribution < -0.4 is 5.14 Å². The Morgan fingerprint density at radius 3 is 1.78 bits per heavy atom. The van der Waals surface area contributed by atoms with E-state index in [4.69, 9.17) is 5.14 Å². The third kappa shape index (κ3) is 4.00. The Balaban J connectivity index is 2.09. The van der Waals surface area contributed by atoms with Crippen LogP contribution in [0.1, 0.15) is 0 Å². The molecule has 0 amide bonds. The van der Waals surface area contributed by atoms with Crippen molar-refractivity contribution in [2.45, 2.75) is 9.79 Å². The van der Waals surface area contributed by atoms with Crippen molar-refractivity contribution in [3.63, 3.8) is 0 Å². The van der Waals surface area contributed by atoms with Crippen molar-refractivity contribution in [1.82, 2.24) is 0 Å². The largest absolute Gasteiger partial charge is 0.243 e. The standard InChI is InChI=1S/C18H11F4NO2S2/c19-12-3-11(4-13(20)8-12)14-2-1-9(7-17(14)26)10-5-15(21)18(16(22)6-10)27(23,24)25/h1-8,26H,(H2,23,24,25). The first-order chi connectivity index (χ1) is 12.6. The molecule has 0 aliphatic rings. The quantitative estimate of drug-likeness (QED) is 0.490. The predicted octanol–water partition coefficient (Wildman–Crippen LogP) is 4.51. The Kier molecular flexibility index (Phi) is 5.02. The summed E-state index contributed by atoms with van der Waals surface area (Å²) in [6.07, 6.45) is 0. The molecule has 2 N–H and O–H groups in total. The minimum absolute atomic E-state index is 0.0460. The van der Waals surface area contributed by atoms with Gasteiger partial charge in [-0.3, -0.25) is 0 Å². The van der Waals surface area contributed by atoms with Gasteiger partial charge in [0.25, 0.3) is 0 Å². The van der Waals surface area contributed by atoms with Crippen LogP contribution >= 0.6 is 12.6 Å². The van der Waals surface area contributed by atoms with Gasteiger partial charge in [0.15, 0.2) is 4.90 Å². The fourth-order valence-corrected chi connectivity index (χ4v) is 3.67. The molecule has 3 rings (SSSR count). The van der Waals surface area contributed by atoms with Gasteiger partial charge in [-0.2, -0.15) is 0 Å². The van der Waals surface area contributed by atoms with Crippen molar-refractivity contribution in [2.75, 3.05) is 0 Å². The zero-order valence-corrected chi connectivity index (χ0v) is 15.1. The molecule has 0 bridgehead atoms. The van der Waals surface area contributed by atoms with Crippen molar-refractivity contribution >= 4 is 22.7 Å². The molecular weight excluding hydrogens is 402 g/mol. The summed E-state index contributed by atoms with van der Waals surface area (Å²) in [5.74, 6) is -4.18. The van der Waals surface area contributed by atoms with Gasteiger partial charge in [-0.25, -0.2) is 31.1 Å². The molecule has 3 aromatic carbocycles. The van der Waals surface area contributed by atoms with Gasteiger partial charge in [0.1, 0.15) is 23.3 Å². The number of nitrogens with two attached hydrogens (primary N) is 1. The molecule has 0 aliphatic heterocycles. The second-order valence-corrected chi connectivity index (χ2v) is 7.68. The summed E-state index contributed by atoms with van der Waals surface area (Å²) >= 11 is 4.27. The molecule has 0 fully saturated rings. The monoisotopic (exact) mass is 413 g/mol. The fraction of sp³-hybridized carbons (Fsp3) is 0. The van der Waals surface area contributed by atoms with Crippen LogP contribution in [0.4, 0.5) is 17.6 Å². The highest BCUT2D eigenvalue weighted by Gasteiger charge is 2.21. The van der Waals surface area contributed by atoms with E-state index in [9.17, 15) is 26.0 Å². The van der Waals surface area contributed by atoms with E-state index >= 15 is 0 Å². The van der Waals surface area contributed by atoms with E-state index in [1.807, 2.05) is 0 Å². The third-order valence-corrected chi connectivity index (χ3v) is 5.12. The molecule has 0 atom stereocenters. The lowest BCUT2D eigenvalue weighted by atomic mass is 9.99. The second kappa shape index (κ2) is 6.99. The molecule has 0 unspecified atom stereocenters. The molecule has 0 aliphatic carbocycles. The molecule has 27 heavy (non-hydrogen) atoms. The maximum absolute atomic E-state index is 14.0. The first kappa shape index (κ1) is 19.4. The van der Waals surface area contributed by atoms with Gasteiger partial charge in [0.05, 0.1) is 0 Å². The smallest absolute Gasteiger partial charge is 0.224 e. The van der Waals surface area contributed by atoms with E-state index in [0.29, 0.717) is 16.0 Å². The van der Waals surface area contributed by atoms with Crippen LogP contribution in [0.5, 0.6) is 0 Å². The maximum atomic E-state index is 14.0. The summed E-state index contributed by atoms with van der Waals surface area (Å²) in [5, 5.41) is 4.80. The van der Waals surface area contributed by atoms with Crippen molar-refractivity contribution in [2.24, 2.45) is 5.14 Å². The lowest BCUT2D eigenvalue weighted by Gasteiger charge is -2.11. The number of sulfonamides is 1. The number of primary sulfonamides is 1. The van der Waals surface area contributed by atoms with Gasteiger partial charge < -0.3 is 0 Å². The van der Waals surface area contributed by atoms with E-state index in [1.165, 1.54) is 18.2 Å². The number of rotatable bonds is 3. The van der Waals surface area contributed by atoms with E-state index in [1.54, 1.807) is 0 Å². The minimum atomic E-state index is -4.56. The fourth-order valence-electron chi connectivity index (χ4n) is 2.66. The van der Waals surface area contributed by atoms with Crippen molar-refractivity contribution in [3.8, 4) is 22.3 Å². The first-order valence-corrected chi connectivity index (χ1v) is 9.37. The van der Waals surface area contributed by atoms with Crippen LogP contribution in [-0.2, 0) is 10.0 Å². The highest BCUT2D eigenvalue weighted by Crippen LogP contribution is 2.33. The SMILES string of the molecule is NS(=O)(=O)c1c(F)cc(-c2ccc(-c3cc(F)cc(F)c3)c(S)c2)cc1F. The van der Waals surface area contributed by atoms with Crippen LogP contribution in [0.3, 0.4) is 0 Å². The van der Waals surface area contributed by atoms with Gasteiger partial charge in [-0.1, -0.05) is 12.1 Å². The molecular formula is C18H11F4NO2S2. The van der Waals surface area contributed by atoms with Crippen LogP contribution in [0, 0.1) is 23.3 Å². The molecule has 3 aromatic rings. The molecule has 140 valence electrons. The molecule has 0 aromatic heterocycles. The number of thiol groups is 1. The van der Waals surface area contributed by atoms with E-state index in [2.05, 4.69) is 12.6 Å². The molecule has 0 saturated carbocycles. The van der Waals surface area contributed by atoms with Crippen molar-refractivity contribution in [1.29, 1.82) is 0 Å². The second-order valence-electron chi connectivity index (χ2n) is 5.70. The lowest BCUT2D eigenvalue weighted by Crippen LogP contribution is -2.16. The number of hydrogen-bond donors (Lipinski definition) is 2. The van der Waals surface area contributed by atoms with Gasteiger partial charge in [0.2, 0.25) is 10.0 Å². The summed E-state index contributed by atoms with van der Waals surface area (Å²) in [4.78, 5) is -0.918. The average Bonchev–Trinajstić information content (AvgIpc) is 2.51. The molecule has 3 nitrogen and oxygen atoms in total. The molecule has 0 radical (unpaired) electrons. The Hall–Kier alpha value is -2.36. The zero-order valence-electron chi connectivity index (χ0n) is 13.4. The Morgan fingerprint density at radius 1 is 0.741 bits per heavy atom. The number of hydrogen-bond acceptors (Lipinski definition) is 3. The summed E-state index contributed by atoms with van der Waals surface area (Å²) in [6, 6.07) is 9.01. The van der Waals surface area contributed by atoms with E-state index in [0.717, 1.165) is 30.3 Å². The highest BCUT2D eigenvalue weighted by atomic mass is 32.2. The van der Waals surface area contributed by atoms with Gasteiger partial charge in [-0.05, 0) is 52.6 Å². The summed E-state index contributed by atoms with van der Waals surface area (Å²) < 4.78 is 77.4. The molecule has 0 spiro atoms. The average molecular weight is 413 g/mol. The lowest BCUT2D eigenvalue weighted by molar-refractivity contribution is 0.520. The highest BCUT2D eigenvalue weighted by molar-refractivity contribution is 7.89. The predicted molar refractivity (Wildman–Crippen MR) is 95.8 cm³/mol. The summed E-state index contributed by atoms with van der Waals surface area (Å²) in [5.41, 5.74) is 1.01. The molecule has 0 heterocycles. The van der Waals surface area contributed by atoms with Crippen LogP contribution in [0.15, 0.2) is 58.3 Å². The minimum Gasteiger partial charge on any atom is -0.224 e. The Morgan fingerprint density at radius 2 is 1.30 bits per heavy atom. The van der Waals surface area contributed by atoms with Gasteiger partial charge >= 0.3 is 0 Å². The topological polar surface area (TPSA) is 60.2 Å². The van der Waals surface area contributed by atoms with Crippen LogP contribution in [-0.4, -0.2) is 8.42 Å². The zero-order chi connectivity index (χ0) is 19.9. The summed E-state index contributed by atoms with van der Waals surface area (Å²) in [6.45, 7) is 0. The van der Waals surface area contributed by atoms with Crippen molar-refractivity contribution in [3.05, 3.63) is 71.8 Å². The molecule has 0 saturated heterocycles. The normalized spacial score (nSPS) is 11.6. The first-order valence-electron chi connectivity index (χ1n) is 7.38. The van der Waals surface area contributed by atoms with Crippen molar-refractivity contribution < 1.29 is 26.0 Å². The Labute approximate surface area is 157 Å². The number of halogens is 4. The van der Waals surface area contributed by atoms with Gasteiger partial charge in [-0.15, -0.1) is 12.6 Å². The van der Waals surface area contributed by atoms with Gasteiger partial charge in [0, 0.05) is 11.0 Å². The Bertz CT molecular complexity index is 1120. The molecule has 9 heteroatoms. The van der Waals surface area contributed by atoms with Crippen LogP contribution in [0.25, 0.3) is 22.3 Å². The van der Waals surface area contributed by atoms with Crippen LogP contribution in [0.2, 0.25) is 0 Å². The van der Waals surface area contributed by atoms with E-state index < -0.39 is 38.2 Å². The number of benzene rings is 3. The third-order valence-electron chi connectivity index (χ3n) is 3.79. The summed E-state index contributed by atoms with van der Waals surface area (Å²) in [7, 11) is -4.56.